The second-order valence-electron chi connectivity index (χ2n) is 2.58. The number of phenols is 1. The summed E-state index contributed by atoms with van der Waals surface area (Å²) < 4.78 is 0. The first-order valence-electron chi connectivity index (χ1n) is 3.80. The van der Waals surface area contributed by atoms with Crippen molar-refractivity contribution >= 4 is 11.7 Å². The Hall–Kier alpha value is -2.11. The molecule has 0 unspecified atom stereocenters. The van der Waals surface area contributed by atoms with Gasteiger partial charge in [0.15, 0.2) is 0 Å². The first kappa shape index (κ1) is 9.97. The van der Waals surface area contributed by atoms with Crippen molar-refractivity contribution in [3.63, 3.8) is 0 Å². The molecule has 0 fully saturated rings. The zero-order valence-corrected chi connectivity index (χ0v) is 7.47. The molecule has 0 aromatic heterocycles. The topological polar surface area (TPSA) is 82.0 Å². The van der Waals surface area contributed by atoms with Crippen LogP contribution in [0.15, 0.2) is 29.6 Å². The number of hydrogen-bond donors (Lipinski definition) is 2. The Morgan fingerprint density at radius 1 is 1.43 bits per heavy atom. The van der Waals surface area contributed by atoms with Crippen molar-refractivity contribution in [1.29, 1.82) is 0 Å². The van der Waals surface area contributed by atoms with Gasteiger partial charge in [0, 0.05) is 12.7 Å². The zero-order valence-electron chi connectivity index (χ0n) is 7.47. The molecule has 0 aliphatic carbocycles. The van der Waals surface area contributed by atoms with Crippen molar-refractivity contribution < 1.29 is 9.90 Å². The molecule has 0 bridgehead atoms. The molecule has 0 saturated heterocycles. The minimum Gasteiger partial charge on any atom is -0.508 e. The Kier molecular flexibility index (Phi) is 3.01. The second kappa shape index (κ2) is 4.22. The summed E-state index contributed by atoms with van der Waals surface area (Å²) >= 11 is 0. The van der Waals surface area contributed by atoms with Crippen LogP contribution in [0.4, 0.5) is 10.5 Å². The monoisotopic (exact) mass is 195 g/mol. The molecule has 0 spiro atoms. The molecule has 2 N–H and O–H groups in total. The number of hydrogen-bond acceptors (Lipinski definition) is 4. The number of phenolic OH excluding ortho intramolecular Hbond substituents is 1. The van der Waals surface area contributed by atoms with Crippen molar-refractivity contribution in [1.82, 2.24) is 5.01 Å². The van der Waals surface area contributed by atoms with E-state index >= 15 is 0 Å². The van der Waals surface area contributed by atoms with Gasteiger partial charge in [0.2, 0.25) is 0 Å². The fourth-order valence-electron chi connectivity index (χ4n) is 0.786. The minimum absolute atomic E-state index is 0.102. The quantitative estimate of drug-likeness (QED) is 0.426. The predicted octanol–water partition coefficient (Wildman–Crippen LogP) is 1.54. The highest BCUT2D eigenvalue weighted by molar-refractivity contribution is 5.88. The van der Waals surface area contributed by atoms with E-state index in [-0.39, 0.29) is 5.75 Å². The van der Waals surface area contributed by atoms with Crippen LogP contribution >= 0.6 is 0 Å². The summed E-state index contributed by atoms with van der Waals surface area (Å²) in [6.07, 6.45) is 0. The number of anilines is 1. The fraction of sp³-hybridized carbons (Fsp3) is 0.125. The maximum absolute atomic E-state index is 11.1. The van der Waals surface area contributed by atoms with E-state index in [1.165, 1.54) is 31.3 Å². The van der Waals surface area contributed by atoms with E-state index < -0.39 is 6.03 Å². The van der Waals surface area contributed by atoms with Crippen LogP contribution in [0, 0.1) is 4.91 Å². The van der Waals surface area contributed by atoms with Gasteiger partial charge in [-0.15, -0.1) is 4.91 Å². The van der Waals surface area contributed by atoms with E-state index in [1.54, 1.807) is 0 Å². The summed E-state index contributed by atoms with van der Waals surface area (Å²) in [5.74, 6) is 0.102. The molecule has 1 aromatic carbocycles. The maximum Gasteiger partial charge on any atom is 0.344 e. The number of benzene rings is 1. The molecule has 1 rings (SSSR count). The van der Waals surface area contributed by atoms with Crippen molar-refractivity contribution in [2.24, 2.45) is 5.29 Å². The van der Waals surface area contributed by atoms with Crippen LogP contribution in [0.2, 0.25) is 0 Å². The molecule has 6 heteroatoms. The highest BCUT2D eigenvalue weighted by Crippen LogP contribution is 2.13. The Labute approximate surface area is 80.1 Å². The van der Waals surface area contributed by atoms with Crippen molar-refractivity contribution in [2.75, 3.05) is 12.4 Å². The molecule has 6 nitrogen and oxygen atoms in total. The third-order valence-electron chi connectivity index (χ3n) is 1.53. The highest BCUT2D eigenvalue weighted by atomic mass is 16.3. The van der Waals surface area contributed by atoms with Crippen LogP contribution in [0.25, 0.3) is 0 Å². The van der Waals surface area contributed by atoms with Crippen LogP contribution in [0.1, 0.15) is 0 Å². The molecule has 0 atom stereocenters. The SMILES string of the molecule is CN(N=O)C(=O)Nc1ccc(O)cc1. The number of nitrogens with zero attached hydrogens (tertiary/aromatic N) is 2. The molecule has 1 aromatic rings. The lowest BCUT2D eigenvalue weighted by molar-refractivity contribution is 0.224. The van der Waals surface area contributed by atoms with E-state index in [2.05, 4.69) is 10.6 Å². The smallest absolute Gasteiger partial charge is 0.344 e. The number of amides is 2. The molecule has 0 aliphatic heterocycles. The molecule has 0 radical (unpaired) electrons. The average Bonchev–Trinajstić information content (AvgIpc) is 2.20. The summed E-state index contributed by atoms with van der Waals surface area (Å²) in [6.45, 7) is 0. The molecule has 74 valence electrons. The van der Waals surface area contributed by atoms with E-state index in [1.807, 2.05) is 0 Å². The lowest BCUT2D eigenvalue weighted by Crippen LogP contribution is -2.26. The van der Waals surface area contributed by atoms with Crippen molar-refractivity contribution in [2.45, 2.75) is 0 Å². The van der Waals surface area contributed by atoms with E-state index in [0.29, 0.717) is 10.7 Å². The molecule has 2 amide bonds. The maximum atomic E-state index is 11.1. The van der Waals surface area contributed by atoms with E-state index in [9.17, 15) is 9.70 Å². The van der Waals surface area contributed by atoms with Gasteiger partial charge in [-0.3, -0.25) is 0 Å². The van der Waals surface area contributed by atoms with Crippen LogP contribution in [0.5, 0.6) is 5.75 Å². The van der Waals surface area contributed by atoms with Crippen molar-refractivity contribution in [3.8, 4) is 5.75 Å². The number of aromatic hydroxyl groups is 1. The van der Waals surface area contributed by atoms with Gasteiger partial charge >= 0.3 is 6.03 Å². The first-order chi connectivity index (χ1) is 6.63. The molecule has 0 heterocycles. The van der Waals surface area contributed by atoms with E-state index in [4.69, 9.17) is 5.11 Å². The zero-order chi connectivity index (χ0) is 10.6. The largest absolute Gasteiger partial charge is 0.508 e. The third kappa shape index (κ3) is 2.44. The van der Waals surface area contributed by atoms with Crippen LogP contribution < -0.4 is 5.32 Å². The van der Waals surface area contributed by atoms with Gasteiger partial charge in [-0.05, 0) is 24.3 Å². The number of nitroso groups, excluding NO2 is 1. The van der Waals surface area contributed by atoms with E-state index in [0.717, 1.165) is 0 Å². The summed E-state index contributed by atoms with van der Waals surface area (Å²) in [6, 6.07) is 5.22. The third-order valence-corrected chi connectivity index (χ3v) is 1.53. The summed E-state index contributed by atoms with van der Waals surface area (Å²) in [5, 5.41) is 14.4. The summed E-state index contributed by atoms with van der Waals surface area (Å²) in [4.78, 5) is 21.1. The predicted molar refractivity (Wildman–Crippen MR) is 50.7 cm³/mol. The molecule has 14 heavy (non-hydrogen) atoms. The van der Waals surface area contributed by atoms with Gasteiger partial charge in [-0.2, -0.15) is 5.01 Å². The molecular formula is C8H9N3O3. The lowest BCUT2D eigenvalue weighted by atomic mass is 10.3. The number of nitrogens with one attached hydrogen (secondary N) is 1. The normalized spacial score (nSPS) is 9.21. The Morgan fingerprint density at radius 3 is 2.50 bits per heavy atom. The van der Waals surface area contributed by atoms with Gasteiger partial charge in [0.25, 0.3) is 0 Å². The minimum atomic E-state index is -0.634. The number of carbonyl (C=O) groups excluding carboxylic acids is 1. The molecule has 0 aliphatic rings. The number of urea groups is 1. The van der Waals surface area contributed by atoms with Crippen molar-refractivity contribution in [3.05, 3.63) is 29.2 Å². The summed E-state index contributed by atoms with van der Waals surface area (Å²) in [7, 11) is 1.24. The number of carbonyl (C=O) groups is 1. The Balaban J connectivity index is 2.65. The van der Waals surface area contributed by atoms with Gasteiger partial charge in [-0.25, -0.2) is 4.79 Å². The van der Waals surface area contributed by atoms with Crippen LogP contribution in [0.3, 0.4) is 0 Å². The van der Waals surface area contributed by atoms with Gasteiger partial charge in [0.1, 0.15) is 5.75 Å². The standard InChI is InChI=1S/C8H9N3O3/c1-11(10-14)8(13)9-6-2-4-7(12)5-3-6/h2-5,12H,1H3,(H,9,13). The van der Waals surface area contributed by atoms with Gasteiger partial charge in [-0.1, -0.05) is 0 Å². The molecular weight excluding hydrogens is 186 g/mol. The first-order valence-corrected chi connectivity index (χ1v) is 3.80. The highest BCUT2D eigenvalue weighted by Gasteiger charge is 2.07. The Bertz CT molecular complexity index is 336. The summed E-state index contributed by atoms with van der Waals surface area (Å²) in [5.41, 5.74) is 0.475. The fourth-order valence-corrected chi connectivity index (χ4v) is 0.786. The molecule has 0 saturated carbocycles. The average molecular weight is 195 g/mol. The lowest BCUT2D eigenvalue weighted by Gasteiger charge is -2.08. The Morgan fingerprint density at radius 2 is 2.00 bits per heavy atom. The van der Waals surface area contributed by atoms with Crippen LogP contribution in [-0.2, 0) is 0 Å². The second-order valence-corrected chi connectivity index (χ2v) is 2.58. The van der Waals surface area contributed by atoms with Gasteiger partial charge in [0.05, 0.1) is 5.29 Å². The van der Waals surface area contributed by atoms with Crippen LogP contribution in [-0.4, -0.2) is 23.2 Å². The number of rotatable bonds is 2. The van der Waals surface area contributed by atoms with Gasteiger partial charge < -0.3 is 10.4 Å².